The van der Waals surface area contributed by atoms with Gasteiger partial charge >= 0.3 is 0 Å². The van der Waals surface area contributed by atoms with Crippen LogP contribution in [0.25, 0.3) is 17.1 Å². The van der Waals surface area contributed by atoms with E-state index in [0.29, 0.717) is 5.82 Å². The van der Waals surface area contributed by atoms with Crippen molar-refractivity contribution in [3.05, 3.63) is 94.2 Å². The molecule has 1 N–H and O–H groups in total. The van der Waals surface area contributed by atoms with Gasteiger partial charge < -0.3 is 5.32 Å². The summed E-state index contributed by atoms with van der Waals surface area (Å²) in [5, 5.41) is 7.43. The van der Waals surface area contributed by atoms with Crippen molar-refractivity contribution in [1.29, 1.82) is 0 Å². The molecule has 0 saturated carbocycles. The van der Waals surface area contributed by atoms with Crippen molar-refractivity contribution in [3.63, 3.8) is 0 Å². The van der Waals surface area contributed by atoms with Gasteiger partial charge in [-0.1, -0.05) is 64.0 Å². The van der Waals surface area contributed by atoms with Crippen LogP contribution in [0.4, 0.5) is 5.69 Å². The number of nitrogens with one attached hydrogen (secondary N) is 1. The number of carbonyl (C=O) groups is 1. The first-order valence-corrected chi connectivity index (χ1v) is 9.97. The zero-order valence-electron chi connectivity index (χ0n) is 16.1. The number of anilines is 1. The number of para-hydroxylation sites is 1. The first kappa shape index (κ1) is 19.1. The maximum atomic E-state index is 12.9. The second-order valence-corrected chi connectivity index (χ2v) is 7.70. The summed E-state index contributed by atoms with van der Waals surface area (Å²) < 4.78 is 2.67. The Hall–Kier alpha value is -3.25. The topological polar surface area (TPSA) is 59.8 Å². The average molecular weight is 447 g/mol. The van der Waals surface area contributed by atoms with Crippen LogP contribution in [0.15, 0.2) is 77.3 Å². The van der Waals surface area contributed by atoms with Crippen LogP contribution >= 0.6 is 15.9 Å². The molecule has 0 aliphatic heterocycles. The number of aryl methyl sites for hydroxylation is 2. The number of amides is 1. The zero-order chi connectivity index (χ0) is 20.4. The van der Waals surface area contributed by atoms with Crippen LogP contribution in [0.3, 0.4) is 0 Å². The Balaban J connectivity index is 1.74. The van der Waals surface area contributed by atoms with Gasteiger partial charge in [0.05, 0.1) is 5.69 Å². The minimum Gasteiger partial charge on any atom is -0.319 e. The lowest BCUT2D eigenvalue weighted by molar-refractivity contribution is 0.101. The van der Waals surface area contributed by atoms with Crippen molar-refractivity contribution in [1.82, 2.24) is 14.8 Å². The Bertz CT molecular complexity index is 1170. The van der Waals surface area contributed by atoms with Crippen LogP contribution in [0.1, 0.15) is 21.7 Å². The van der Waals surface area contributed by atoms with Gasteiger partial charge in [0.25, 0.3) is 5.91 Å². The third-order valence-corrected chi connectivity index (χ3v) is 5.07. The van der Waals surface area contributed by atoms with Crippen molar-refractivity contribution in [2.45, 2.75) is 13.8 Å². The Morgan fingerprint density at radius 1 is 0.966 bits per heavy atom. The van der Waals surface area contributed by atoms with E-state index in [1.54, 1.807) is 4.68 Å². The molecule has 4 aromatic rings. The molecule has 4 rings (SSSR count). The normalized spacial score (nSPS) is 10.7. The summed E-state index contributed by atoms with van der Waals surface area (Å²) in [7, 11) is 0. The van der Waals surface area contributed by atoms with Crippen LogP contribution in [-0.2, 0) is 0 Å². The highest BCUT2D eigenvalue weighted by molar-refractivity contribution is 9.10. The second-order valence-electron chi connectivity index (χ2n) is 6.79. The lowest BCUT2D eigenvalue weighted by Crippen LogP contribution is -2.15. The molecule has 0 spiro atoms. The average Bonchev–Trinajstić information content (AvgIpc) is 3.17. The van der Waals surface area contributed by atoms with Crippen molar-refractivity contribution in [2.75, 3.05) is 5.32 Å². The van der Waals surface area contributed by atoms with E-state index in [0.717, 1.165) is 32.5 Å². The molecule has 0 saturated heterocycles. The molecule has 0 fully saturated rings. The molecule has 3 aromatic carbocycles. The molecule has 6 heteroatoms. The first-order valence-electron chi connectivity index (χ1n) is 9.18. The summed E-state index contributed by atoms with van der Waals surface area (Å²) in [4.78, 5) is 17.4. The van der Waals surface area contributed by atoms with Gasteiger partial charge in [0, 0.05) is 15.7 Å². The number of aromatic nitrogens is 3. The Morgan fingerprint density at radius 3 is 2.38 bits per heavy atom. The van der Waals surface area contributed by atoms with Crippen LogP contribution < -0.4 is 5.32 Å². The van der Waals surface area contributed by atoms with Gasteiger partial charge in [-0.25, -0.2) is 9.67 Å². The summed E-state index contributed by atoms with van der Waals surface area (Å²) in [6.07, 6.45) is 0. The number of hydrogen-bond acceptors (Lipinski definition) is 3. The quantitative estimate of drug-likeness (QED) is 0.445. The van der Waals surface area contributed by atoms with Crippen LogP contribution in [-0.4, -0.2) is 20.7 Å². The minimum atomic E-state index is -0.343. The van der Waals surface area contributed by atoms with Gasteiger partial charge in [-0.3, -0.25) is 4.79 Å². The SMILES string of the molecule is Cc1ccc(NC(=O)c2nc(-c3ccc(Br)cc3)n(-c3ccccc3)n2)c(C)c1. The van der Waals surface area contributed by atoms with E-state index in [-0.39, 0.29) is 11.7 Å². The number of carbonyl (C=O) groups excluding carboxylic acids is 1. The number of hydrogen-bond donors (Lipinski definition) is 1. The van der Waals surface area contributed by atoms with E-state index in [1.165, 1.54) is 0 Å². The number of halogens is 1. The number of benzene rings is 3. The highest BCUT2D eigenvalue weighted by Crippen LogP contribution is 2.24. The van der Waals surface area contributed by atoms with Gasteiger partial charge in [0.1, 0.15) is 0 Å². The van der Waals surface area contributed by atoms with Crippen LogP contribution in [0.2, 0.25) is 0 Å². The van der Waals surface area contributed by atoms with E-state index in [4.69, 9.17) is 0 Å². The van der Waals surface area contributed by atoms with Crippen molar-refractivity contribution in [3.8, 4) is 17.1 Å². The third kappa shape index (κ3) is 4.12. The van der Waals surface area contributed by atoms with E-state index in [9.17, 15) is 4.79 Å². The lowest BCUT2D eigenvalue weighted by atomic mass is 10.1. The third-order valence-electron chi connectivity index (χ3n) is 4.54. The largest absolute Gasteiger partial charge is 0.319 e. The minimum absolute atomic E-state index is 0.117. The zero-order valence-corrected chi connectivity index (χ0v) is 17.6. The molecule has 0 aliphatic carbocycles. The molecule has 29 heavy (non-hydrogen) atoms. The van der Waals surface area contributed by atoms with Crippen molar-refractivity contribution >= 4 is 27.5 Å². The van der Waals surface area contributed by atoms with Gasteiger partial charge in [0.15, 0.2) is 5.82 Å². The molecule has 0 radical (unpaired) electrons. The van der Waals surface area contributed by atoms with Crippen LogP contribution in [0.5, 0.6) is 0 Å². The summed E-state index contributed by atoms with van der Waals surface area (Å²) in [5.74, 6) is 0.381. The highest BCUT2D eigenvalue weighted by Gasteiger charge is 2.19. The molecular weight excluding hydrogens is 428 g/mol. The van der Waals surface area contributed by atoms with E-state index in [1.807, 2.05) is 86.6 Å². The molecule has 144 valence electrons. The maximum absolute atomic E-state index is 12.9. The summed E-state index contributed by atoms with van der Waals surface area (Å²) in [6, 6.07) is 23.3. The fourth-order valence-electron chi connectivity index (χ4n) is 3.08. The first-order chi connectivity index (χ1) is 14.0. The molecule has 0 bridgehead atoms. The standard InChI is InChI=1S/C23H19BrN4O/c1-15-8-13-20(16(2)14-15)25-23(29)21-26-22(17-9-11-18(24)12-10-17)28(27-21)19-6-4-3-5-7-19/h3-14H,1-2H3,(H,25,29). The Kier molecular flexibility index (Phi) is 5.27. The number of rotatable bonds is 4. The Morgan fingerprint density at radius 2 is 1.69 bits per heavy atom. The lowest BCUT2D eigenvalue weighted by Gasteiger charge is -2.07. The van der Waals surface area contributed by atoms with E-state index < -0.39 is 0 Å². The van der Waals surface area contributed by atoms with E-state index >= 15 is 0 Å². The molecule has 0 atom stereocenters. The molecule has 1 amide bonds. The Labute approximate surface area is 177 Å². The highest BCUT2D eigenvalue weighted by atomic mass is 79.9. The molecule has 0 unspecified atom stereocenters. The fourth-order valence-corrected chi connectivity index (χ4v) is 3.34. The van der Waals surface area contributed by atoms with Crippen molar-refractivity contribution < 1.29 is 4.79 Å². The van der Waals surface area contributed by atoms with E-state index in [2.05, 4.69) is 31.3 Å². The summed E-state index contributed by atoms with van der Waals surface area (Å²) in [5.41, 5.74) is 4.60. The fraction of sp³-hybridized carbons (Fsp3) is 0.0870. The second kappa shape index (κ2) is 8.01. The predicted octanol–water partition coefficient (Wildman–Crippen LogP) is 5.57. The van der Waals surface area contributed by atoms with Gasteiger partial charge in [-0.05, 0) is 49.7 Å². The number of nitrogens with zero attached hydrogens (tertiary/aromatic N) is 3. The molecule has 1 heterocycles. The summed E-state index contributed by atoms with van der Waals surface area (Å²) in [6.45, 7) is 3.98. The van der Waals surface area contributed by atoms with Gasteiger partial charge in [-0.2, -0.15) is 0 Å². The smallest absolute Gasteiger partial charge is 0.295 e. The predicted molar refractivity (Wildman–Crippen MR) is 118 cm³/mol. The molecule has 0 aliphatic rings. The molecular formula is C23H19BrN4O. The molecule has 5 nitrogen and oxygen atoms in total. The van der Waals surface area contributed by atoms with Crippen molar-refractivity contribution in [2.24, 2.45) is 0 Å². The van der Waals surface area contributed by atoms with Gasteiger partial charge in [-0.15, -0.1) is 5.10 Å². The van der Waals surface area contributed by atoms with Gasteiger partial charge in [0.2, 0.25) is 5.82 Å². The summed E-state index contributed by atoms with van der Waals surface area (Å²) >= 11 is 3.45. The monoisotopic (exact) mass is 446 g/mol. The molecule has 1 aromatic heterocycles. The maximum Gasteiger partial charge on any atom is 0.295 e. The van der Waals surface area contributed by atoms with Crippen LogP contribution in [0, 0.1) is 13.8 Å².